The lowest BCUT2D eigenvalue weighted by molar-refractivity contribution is 0.404. The standard InChI is InChI=1S/C10H12N4O/c1-15-7-3-2-4-12-9(7)8(11)10-13-5-6-14-10/h2-6,8H,11H2,1H3,(H,13,14). The van der Waals surface area contributed by atoms with E-state index in [2.05, 4.69) is 15.0 Å². The van der Waals surface area contributed by atoms with Gasteiger partial charge in [0.05, 0.1) is 7.11 Å². The Morgan fingerprint density at radius 1 is 1.40 bits per heavy atom. The molecular formula is C10H12N4O. The van der Waals surface area contributed by atoms with E-state index in [1.807, 2.05) is 6.07 Å². The third-order valence-electron chi connectivity index (χ3n) is 2.13. The van der Waals surface area contributed by atoms with Crippen molar-refractivity contribution in [3.8, 4) is 5.75 Å². The Morgan fingerprint density at radius 3 is 2.93 bits per heavy atom. The van der Waals surface area contributed by atoms with E-state index in [1.165, 1.54) is 0 Å². The molecule has 0 bridgehead atoms. The number of rotatable bonds is 3. The third kappa shape index (κ3) is 1.82. The van der Waals surface area contributed by atoms with E-state index in [4.69, 9.17) is 10.5 Å². The fraction of sp³-hybridized carbons (Fsp3) is 0.200. The molecule has 5 heteroatoms. The maximum absolute atomic E-state index is 6.00. The molecule has 0 aliphatic carbocycles. The van der Waals surface area contributed by atoms with E-state index in [-0.39, 0.29) is 0 Å². The lowest BCUT2D eigenvalue weighted by atomic mass is 10.2. The number of methoxy groups -OCH3 is 1. The molecule has 0 aliphatic heterocycles. The van der Waals surface area contributed by atoms with Gasteiger partial charge >= 0.3 is 0 Å². The van der Waals surface area contributed by atoms with Crippen LogP contribution in [0.15, 0.2) is 30.7 Å². The largest absolute Gasteiger partial charge is 0.495 e. The zero-order chi connectivity index (χ0) is 10.7. The van der Waals surface area contributed by atoms with E-state index >= 15 is 0 Å². The number of nitrogens with zero attached hydrogens (tertiary/aromatic N) is 2. The van der Waals surface area contributed by atoms with Gasteiger partial charge in [0.2, 0.25) is 0 Å². The highest BCUT2D eigenvalue weighted by Gasteiger charge is 2.16. The average Bonchev–Trinajstić information content (AvgIpc) is 2.81. The highest BCUT2D eigenvalue weighted by molar-refractivity contribution is 5.32. The summed E-state index contributed by atoms with van der Waals surface area (Å²) >= 11 is 0. The topological polar surface area (TPSA) is 76.8 Å². The number of aromatic amines is 1. The third-order valence-corrected chi connectivity index (χ3v) is 2.13. The first-order chi connectivity index (χ1) is 7.33. The minimum absolute atomic E-state index is 0.392. The number of aromatic nitrogens is 3. The number of H-pyrrole nitrogens is 1. The van der Waals surface area contributed by atoms with Gasteiger partial charge in [0, 0.05) is 18.6 Å². The molecule has 0 fully saturated rings. The van der Waals surface area contributed by atoms with Crippen molar-refractivity contribution in [1.29, 1.82) is 0 Å². The van der Waals surface area contributed by atoms with Crippen molar-refractivity contribution < 1.29 is 4.74 Å². The Morgan fingerprint density at radius 2 is 2.27 bits per heavy atom. The Labute approximate surface area is 87.3 Å². The van der Waals surface area contributed by atoms with Crippen LogP contribution < -0.4 is 10.5 Å². The highest BCUT2D eigenvalue weighted by Crippen LogP contribution is 2.23. The van der Waals surface area contributed by atoms with Gasteiger partial charge in [-0.2, -0.15) is 0 Å². The molecule has 0 saturated heterocycles. The molecule has 0 amide bonds. The zero-order valence-electron chi connectivity index (χ0n) is 8.34. The normalized spacial score (nSPS) is 12.4. The van der Waals surface area contributed by atoms with Crippen LogP contribution in [0.1, 0.15) is 17.6 Å². The van der Waals surface area contributed by atoms with E-state index < -0.39 is 6.04 Å². The molecule has 2 rings (SSSR count). The lowest BCUT2D eigenvalue weighted by Crippen LogP contribution is -2.16. The Kier molecular flexibility index (Phi) is 2.64. The second-order valence-electron chi connectivity index (χ2n) is 3.04. The molecule has 0 aromatic carbocycles. The van der Waals surface area contributed by atoms with Crippen LogP contribution in [0.2, 0.25) is 0 Å². The first kappa shape index (κ1) is 9.67. The van der Waals surface area contributed by atoms with Gasteiger partial charge in [0.25, 0.3) is 0 Å². The minimum Gasteiger partial charge on any atom is -0.495 e. The minimum atomic E-state index is -0.392. The maximum Gasteiger partial charge on any atom is 0.142 e. The molecular weight excluding hydrogens is 192 g/mol. The summed E-state index contributed by atoms with van der Waals surface area (Å²) in [6.07, 6.45) is 5.07. The monoisotopic (exact) mass is 204 g/mol. The Balaban J connectivity index is 2.37. The van der Waals surface area contributed by atoms with Crippen molar-refractivity contribution in [1.82, 2.24) is 15.0 Å². The Hall–Kier alpha value is -1.88. The maximum atomic E-state index is 6.00. The van der Waals surface area contributed by atoms with Gasteiger partial charge in [-0.05, 0) is 12.1 Å². The van der Waals surface area contributed by atoms with Crippen LogP contribution in [0, 0.1) is 0 Å². The van der Waals surface area contributed by atoms with Gasteiger partial charge in [-0.15, -0.1) is 0 Å². The van der Waals surface area contributed by atoms with E-state index in [9.17, 15) is 0 Å². The SMILES string of the molecule is COc1cccnc1C(N)c1ncc[nH]1. The molecule has 1 unspecified atom stereocenters. The molecule has 78 valence electrons. The second-order valence-corrected chi connectivity index (χ2v) is 3.04. The Bertz CT molecular complexity index is 427. The first-order valence-electron chi connectivity index (χ1n) is 4.56. The van der Waals surface area contributed by atoms with Gasteiger partial charge < -0.3 is 15.5 Å². The summed E-state index contributed by atoms with van der Waals surface area (Å²) in [7, 11) is 1.59. The summed E-state index contributed by atoms with van der Waals surface area (Å²) in [6.45, 7) is 0. The smallest absolute Gasteiger partial charge is 0.142 e. The van der Waals surface area contributed by atoms with Gasteiger partial charge in [-0.25, -0.2) is 4.98 Å². The summed E-state index contributed by atoms with van der Waals surface area (Å²) in [5.74, 6) is 1.34. The summed E-state index contributed by atoms with van der Waals surface area (Å²) in [5.41, 5.74) is 6.68. The average molecular weight is 204 g/mol. The van der Waals surface area contributed by atoms with Crippen molar-refractivity contribution in [2.45, 2.75) is 6.04 Å². The first-order valence-corrected chi connectivity index (χ1v) is 4.56. The van der Waals surface area contributed by atoms with Crippen LogP contribution in [-0.2, 0) is 0 Å². The predicted octanol–water partition coefficient (Wildman–Crippen LogP) is 0.861. The number of pyridine rings is 1. The molecule has 3 N–H and O–H groups in total. The fourth-order valence-corrected chi connectivity index (χ4v) is 1.39. The van der Waals surface area contributed by atoms with Gasteiger partial charge in [-0.3, -0.25) is 4.98 Å². The number of nitrogens with one attached hydrogen (secondary N) is 1. The van der Waals surface area contributed by atoms with Crippen LogP contribution in [-0.4, -0.2) is 22.1 Å². The molecule has 2 aromatic rings. The van der Waals surface area contributed by atoms with Gasteiger partial charge in [0.1, 0.15) is 23.3 Å². The van der Waals surface area contributed by atoms with E-state index in [1.54, 1.807) is 31.8 Å². The number of nitrogens with two attached hydrogens (primary N) is 1. The van der Waals surface area contributed by atoms with E-state index in [0.717, 1.165) is 0 Å². The summed E-state index contributed by atoms with van der Waals surface area (Å²) in [5, 5.41) is 0. The van der Waals surface area contributed by atoms with E-state index in [0.29, 0.717) is 17.3 Å². The quantitative estimate of drug-likeness (QED) is 0.777. The summed E-state index contributed by atoms with van der Waals surface area (Å²) in [4.78, 5) is 11.2. The zero-order valence-corrected chi connectivity index (χ0v) is 8.34. The molecule has 0 radical (unpaired) electrons. The summed E-state index contributed by atoms with van der Waals surface area (Å²) < 4.78 is 5.18. The molecule has 0 saturated carbocycles. The van der Waals surface area contributed by atoms with Crippen LogP contribution in [0.25, 0.3) is 0 Å². The molecule has 2 heterocycles. The molecule has 5 nitrogen and oxygen atoms in total. The predicted molar refractivity (Wildman–Crippen MR) is 55.4 cm³/mol. The van der Waals surface area contributed by atoms with Crippen LogP contribution in [0.5, 0.6) is 5.75 Å². The molecule has 0 spiro atoms. The lowest BCUT2D eigenvalue weighted by Gasteiger charge is -2.11. The van der Waals surface area contributed by atoms with Crippen molar-refractivity contribution in [3.63, 3.8) is 0 Å². The van der Waals surface area contributed by atoms with Crippen molar-refractivity contribution >= 4 is 0 Å². The number of hydrogen-bond acceptors (Lipinski definition) is 4. The second kappa shape index (κ2) is 4.10. The number of ether oxygens (including phenoxy) is 1. The van der Waals surface area contributed by atoms with Crippen LogP contribution in [0.3, 0.4) is 0 Å². The molecule has 0 aliphatic rings. The highest BCUT2D eigenvalue weighted by atomic mass is 16.5. The van der Waals surface area contributed by atoms with Crippen LogP contribution in [0.4, 0.5) is 0 Å². The van der Waals surface area contributed by atoms with Crippen LogP contribution >= 0.6 is 0 Å². The number of hydrogen-bond donors (Lipinski definition) is 2. The summed E-state index contributed by atoms with van der Waals surface area (Å²) in [6, 6.07) is 3.23. The van der Waals surface area contributed by atoms with Gasteiger partial charge in [-0.1, -0.05) is 0 Å². The molecule has 2 aromatic heterocycles. The van der Waals surface area contributed by atoms with Gasteiger partial charge in [0.15, 0.2) is 0 Å². The molecule has 15 heavy (non-hydrogen) atoms. The fourth-order valence-electron chi connectivity index (χ4n) is 1.39. The van der Waals surface area contributed by atoms with Crippen molar-refractivity contribution in [2.75, 3.05) is 7.11 Å². The number of imidazole rings is 1. The van der Waals surface area contributed by atoms with Crippen molar-refractivity contribution in [3.05, 3.63) is 42.2 Å². The van der Waals surface area contributed by atoms with Crippen molar-refractivity contribution in [2.24, 2.45) is 5.73 Å². The molecule has 1 atom stereocenters.